The summed E-state index contributed by atoms with van der Waals surface area (Å²) in [5.74, 6) is -0.0908. The number of rotatable bonds is 2. The second-order valence-electron chi connectivity index (χ2n) is 6.11. The molecule has 1 aliphatic carbocycles. The summed E-state index contributed by atoms with van der Waals surface area (Å²) in [5.41, 5.74) is 1.40. The molecular formula is C17H17NO5. The van der Waals surface area contributed by atoms with E-state index in [1.165, 1.54) is 6.08 Å². The molecule has 6 nitrogen and oxygen atoms in total. The van der Waals surface area contributed by atoms with Crippen molar-refractivity contribution >= 4 is 11.8 Å². The third kappa shape index (κ3) is 2.64. The minimum Gasteiger partial charge on any atom is -0.874 e. The molecule has 2 aliphatic heterocycles. The van der Waals surface area contributed by atoms with Crippen LogP contribution in [0.15, 0.2) is 39.5 Å². The molecule has 3 aliphatic rings. The maximum absolute atomic E-state index is 11.9. The molecule has 2 heterocycles. The molecule has 1 saturated heterocycles. The second kappa shape index (κ2) is 5.18. The summed E-state index contributed by atoms with van der Waals surface area (Å²) in [4.78, 5) is 4.48. The molecule has 23 heavy (non-hydrogen) atoms. The van der Waals surface area contributed by atoms with Crippen LogP contribution < -0.4 is 20.5 Å². The fourth-order valence-corrected chi connectivity index (χ4v) is 2.93. The van der Waals surface area contributed by atoms with Gasteiger partial charge in [-0.2, -0.15) is 0 Å². The van der Waals surface area contributed by atoms with Crippen molar-refractivity contribution in [1.29, 1.82) is 0 Å². The first-order chi connectivity index (χ1) is 11.0. The quantitative estimate of drug-likeness (QED) is 0.699. The highest BCUT2D eigenvalue weighted by atomic mass is 16.8. The molecule has 0 aromatic heterocycles. The van der Waals surface area contributed by atoms with E-state index in [1.807, 2.05) is 24.3 Å². The van der Waals surface area contributed by atoms with Crippen LogP contribution in [0.3, 0.4) is 0 Å². The molecular weight excluding hydrogens is 298 g/mol. The zero-order valence-corrected chi connectivity index (χ0v) is 12.9. The van der Waals surface area contributed by atoms with Gasteiger partial charge in [0.2, 0.25) is 5.75 Å². The summed E-state index contributed by atoms with van der Waals surface area (Å²) in [6.45, 7) is 4.31. The third-order valence-electron chi connectivity index (χ3n) is 3.96. The minimum absolute atomic E-state index is 0.0811. The van der Waals surface area contributed by atoms with E-state index in [-0.39, 0.29) is 12.6 Å². The van der Waals surface area contributed by atoms with Gasteiger partial charge >= 0.3 is 12.2 Å². The monoisotopic (exact) mass is 315 g/mol. The van der Waals surface area contributed by atoms with Crippen LogP contribution in [-0.4, -0.2) is 37.0 Å². The Morgan fingerprint density at radius 1 is 1.35 bits per heavy atom. The number of ether oxygens (including phenoxy) is 3. The first kappa shape index (κ1) is 14.4. The van der Waals surface area contributed by atoms with E-state index in [1.54, 1.807) is 13.8 Å². The highest BCUT2D eigenvalue weighted by Crippen LogP contribution is 2.35. The average Bonchev–Trinajstić information content (AvgIpc) is 3.15. The van der Waals surface area contributed by atoms with E-state index >= 15 is 0 Å². The normalized spacial score (nSPS) is 29.9. The Hall–Kier alpha value is -2.18. The van der Waals surface area contributed by atoms with Crippen molar-refractivity contribution < 1.29 is 19.3 Å². The van der Waals surface area contributed by atoms with Gasteiger partial charge in [0, 0.05) is 6.07 Å². The lowest BCUT2D eigenvalue weighted by atomic mass is 10.2. The first-order valence-corrected chi connectivity index (χ1v) is 7.53. The minimum atomic E-state index is -0.749. The predicted octanol–water partition coefficient (Wildman–Crippen LogP) is -0.349. The van der Waals surface area contributed by atoms with Crippen molar-refractivity contribution in [2.45, 2.75) is 31.8 Å². The lowest BCUT2D eigenvalue weighted by molar-refractivity contribution is -0.322. The van der Waals surface area contributed by atoms with Crippen molar-refractivity contribution in [2.75, 3.05) is 13.3 Å². The SMILES string of the molecule is CC1(C)O[C@@H]2C([O-])=CC(=NC/C=c3\ccc4c(c3)OC[O+]=4)[C@@H]2O1. The summed E-state index contributed by atoms with van der Waals surface area (Å²) >= 11 is 0. The summed E-state index contributed by atoms with van der Waals surface area (Å²) in [5, 5.41) is 12.9. The van der Waals surface area contributed by atoms with Crippen molar-refractivity contribution in [3.63, 3.8) is 0 Å². The fraction of sp³-hybridized carbons (Fsp3) is 0.412. The van der Waals surface area contributed by atoms with Gasteiger partial charge in [-0.3, -0.25) is 4.99 Å². The van der Waals surface area contributed by atoms with Gasteiger partial charge < -0.3 is 19.3 Å². The molecule has 0 radical (unpaired) electrons. The van der Waals surface area contributed by atoms with Crippen LogP contribution >= 0.6 is 0 Å². The Balaban J connectivity index is 1.53. The Morgan fingerprint density at radius 2 is 2.17 bits per heavy atom. The second-order valence-corrected chi connectivity index (χ2v) is 6.11. The van der Waals surface area contributed by atoms with Crippen LogP contribution in [0.2, 0.25) is 0 Å². The smallest absolute Gasteiger partial charge is 0.412 e. The number of hydrogen-bond acceptors (Lipinski definition) is 5. The Bertz CT molecular complexity index is 824. The molecule has 0 unspecified atom stereocenters. The molecule has 1 aromatic carbocycles. The standard InChI is InChI=1S/C17H17NO5/c1-17(2)22-15-11(8-12(19)16(15)23-17)18-6-5-10-3-4-13-14(7-10)21-9-20-13/h3-5,7-8,15-16H,6,9H2,1-2H3/b10-5+/t15-,16+/m0/s1. The van der Waals surface area contributed by atoms with E-state index < -0.39 is 18.0 Å². The molecule has 1 fully saturated rings. The van der Waals surface area contributed by atoms with Gasteiger partial charge in [0.05, 0.1) is 12.3 Å². The lowest BCUT2D eigenvalue weighted by Gasteiger charge is -2.19. The number of benzene rings is 1. The Kier molecular flexibility index (Phi) is 3.25. The van der Waals surface area contributed by atoms with Crippen molar-refractivity contribution in [2.24, 2.45) is 4.99 Å². The Morgan fingerprint density at radius 3 is 3.04 bits per heavy atom. The summed E-state index contributed by atoms with van der Waals surface area (Å²) in [7, 11) is 0. The maximum Gasteiger partial charge on any atom is 0.412 e. The van der Waals surface area contributed by atoms with Crippen molar-refractivity contribution in [3.05, 3.63) is 45.1 Å². The maximum atomic E-state index is 11.9. The van der Waals surface area contributed by atoms with E-state index in [2.05, 4.69) is 4.99 Å². The number of fused-ring (bicyclic) bond motifs is 2. The highest BCUT2D eigenvalue weighted by molar-refractivity contribution is 6.02. The molecule has 2 atom stereocenters. The van der Waals surface area contributed by atoms with E-state index in [4.69, 9.17) is 18.6 Å². The Labute approximate surface area is 133 Å². The van der Waals surface area contributed by atoms with Gasteiger partial charge in [0.25, 0.3) is 0 Å². The molecule has 0 bridgehead atoms. The van der Waals surface area contributed by atoms with E-state index in [0.29, 0.717) is 12.3 Å². The number of nitrogens with zero attached hydrogens (tertiary/aromatic N) is 1. The van der Waals surface area contributed by atoms with Crippen LogP contribution in [0, 0.1) is 0 Å². The fourth-order valence-electron chi connectivity index (χ4n) is 2.93. The molecule has 0 amide bonds. The molecule has 120 valence electrons. The topological polar surface area (TPSA) is 74.4 Å². The molecule has 1 aromatic rings. The van der Waals surface area contributed by atoms with Gasteiger partial charge in [0.1, 0.15) is 12.2 Å². The zero-order chi connectivity index (χ0) is 16.0. The number of hydrogen-bond donors (Lipinski definition) is 0. The molecule has 0 spiro atoms. The third-order valence-corrected chi connectivity index (χ3v) is 3.96. The predicted molar refractivity (Wildman–Crippen MR) is 82.1 cm³/mol. The summed E-state index contributed by atoms with van der Waals surface area (Å²) < 4.78 is 22.0. The summed E-state index contributed by atoms with van der Waals surface area (Å²) in [6.07, 6.45) is 2.51. The van der Waals surface area contributed by atoms with Crippen molar-refractivity contribution in [3.8, 4) is 5.75 Å². The van der Waals surface area contributed by atoms with E-state index in [0.717, 1.165) is 16.4 Å². The van der Waals surface area contributed by atoms with Crippen LogP contribution in [0.25, 0.3) is 6.08 Å². The van der Waals surface area contributed by atoms with Crippen LogP contribution in [0.4, 0.5) is 0 Å². The molecule has 0 saturated carbocycles. The van der Waals surface area contributed by atoms with Gasteiger partial charge in [-0.15, -0.1) is 0 Å². The van der Waals surface area contributed by atoms with Gasteiger partial charge in [-0.25, -0.2) is 4.42 Å². The van der Waals surface area contributed by atoms with Gasteiger partial charge in [0.15, 0.2) is 5.79 Å². The zero-order valence-electron chi connectivity index (χ0n) is 12.9. The molecule has 4 rings (SSSR count). The van der Waals surface area contributed by atoms with Gasteiger partial charge in [-0.1, -0.05) is 11.8 Å². The van der Waals surface area contributed by atoms with Crippen molar-refractivity contribution in [1.82, 2.24) is 0 Å². The highest BCUT2D eigenvalue weighted by Gasteiger charge is 2.45. The molecule has 0 N–H and O–H groups in total. The largest absolute Gasteiger partial charge is 0.874 e. The molecule has 6 heteroatoms. The summed E-state index contributed by atoms with van der Waals surface area (Å²) in [6, 6.07) is 5.73. The van der Waals surface area contributed by atoms with E-state index in [9.17, 15) is 5.11 Å². The van der Waals surface area contributed by atoms with Crippen LogP contribution in [-0.2, 0) is 9.47 Å². The van der Waals surface area contributed by atoms with Crippen LogP contribution in [0.1, 0.15) is 13.8 Å². The van der Waals surface area contributed by atoms with Gasteiger partial charge in [-0.05, 0) is 37.3 Å². The lowest BCUT2D eigenvalue weighted by Crippen LogP contribution is -2.28. The number of aliphatic imine (C=N–C) groups is 1. The van der Waals surface area contributed by atoms with Crippen LogP contribution in [0.5, 0.6) is 5.75 Å². The average molecular weight is 315 g/mol. The first-order valence-electron chi connectivity index (χ1n) is 7.53.